The van der Waals surface area contributed by atoms with Gasteiger partial charge in [-0.15, -0.1) is 0 Å². The van der Waals surface area contributed by atoms with E-state index in [4.69, 9.17) is 17.2 Å². The van der Waals surface area contributed by atoms with Gasteiger partial charge in [0.15, 0.2) is 0 Å². The topological polar surface area (TPSA) is 211 Å². The van der Waals surface area contributed by atoms with E-state index in [1.165, 1.54) is 16.7 Å². The summed E-state index contributed by atoms with van der Waals surface area (Å²) in [5.41, 5.74) is 16.7. The number of nitrogens with one attached hydrogen (secondary N) is 2. The number of unbranched alkanes of at least 4 members (excludes halogenated alkanes) is 1. The first-order valence-electron chi connectivity index (χ1n) is 11.0. The molecule has 33 heavy (non-hydrogen) atoms. The van der Waals surface area contributed by atoms with E-state index < -0.39 is 54.3 Å². The smallest absolute Gasteiger partial charge is 0.326 e. The Kier molecular flexibility index (Phi) is 12.8. The summed E-state index contributed by atoms with van der Waals surface area (Å²) < 4.78 is 0. The number of hydrogen-bond donors (Lipinski definition) is 6. The second-order valence-corrected chi connectivity index (χ2v) is 8.98. The number of nitrogens with zero attached hydrogens (tertiary/aromatic N) is 1. The molecule has 13 heteroatoms. The first-order valence-corrected chi connectivity index (χ1v) is 12.4. The predicted molar refractivity (Wildman–Crippen MR) is 124 cm³/mol. The minimum atomic E-state index is -1.36. The fraction of sp³-hybridized carbons (Fsp3) is 0.750. The van der Waals surface area contributed by atoms with Crippen molar-refractivity contribution in [3.05, 3.63) is 0 Å². The summed E-state index contributed by atoms with van der Waals surface area (Å²) in [5, 5.41) is 14.1. The zero-order chi connectivity index (χ0) is 25.0. The molecule has 1 aliphatic rings. The Morgan fingerprint density at radius 1 is 1.12 bits per heavy atom. The number of amides is 4. The molecule has 9 N–H and O–H groups in total. The van der Waals surface area contributed by atoms with E-state index in [9.17, 15) is 29.1 Å². The van der Waals surface area contributed by atoms with Gasteiger partial charge in [-0.2, -0.15) is 11.8 Å². The van der Waals surface area contributed by atoms with Crippen LogP contribution in [0.5, 0.6) is 0 Å². The second-order valence-electron chi connectivity index (χ2n) is 7.99. The monoisotopic (exact) mass is 488 g/mol. The average Bonchev–Trinajstić information content (AvgIpc) is 3.25. The summed E-state index contributed by atoms with van der Waals surface area (Å²) in [6.07, 6.45) is 4.30. The van der Waals surface area contributed by atoms with E-state index in [2.05, 4.69) is 10.6 Å². The van der Waals surface area contributed by atoms with E-state index in [1.807, 2.05) is 0 Å². The van der Waals surface area contributed by atoms with Crippen molar-refractivity contribution in [2.45, 2.75) is 69.1 Å². The SMILES string of the molecule is CSCCC(NC(=O)C(CC(N)=O)NC(=O)C1CCCN1C(=O)C(N)CCCCN)C(=O)O. The molecular weight excluding hydrogens is 452 g/mol. The van der Waals surface area contributed by atoms with Gasteiger partial charge in [-0.05, 0) is 50.7 Å². The van der Waals surface area contributed by atoms with Crippen LogP contribution in [0.2, 0.25) is 0 Å². The molecular formula is C20H36N6O6S. The number of primary amides is 1. The molecule has 0 aliphatic carbocycles. The Bertz CT molecular complexity index is 709. The van der Waals surface area contributed by atoms with Gasteiger partial charge in [-0.1, -0.05) is 6.42 Å². The Morgan fingerprint density at radius 3 is 2.39 bits per heavy atom. The number of thioether (sulfide) groups is 1. The molecule has 12 nitrogen and oxygen atoms in total. The van der Waals surface area contributed by atoms with Crippen LogP contribution >= 0.6 is 11.8 Å². The summed E-state index contributed by atoms with van der Waals surface area (Å²) in [5.74, 6) is -3.37. The van der Waals surface area contributed by atoms with Crippen LogP contribution in [0.4, 0.5) is 0 Å². The maximum absolute atomic E-state index is 12.9. The minimum Gasteiger partial charge on any atom is -0.480 e. The first kappa shape index (κ1) is 28.7. The van der Waals surface area contributed by atoms with E-state index in [1.54, 1.807) is 6.26 Å². The molecule has 0 bridgehead atoms. The van der Waals surface area contributed by atoms with Crippen LogP contribution in [-0.2, 0) is 24.0 Å². The number of carbonyl (C=O) groups is 5. The second kappa shape index (κ2) is 14.7. The molecule has 0 radical (unpaired) electrons. The van der Waals surface area contributed by atoms with Gasteiger partial charge in [0, 0.05) is 6.54 Å². The first-order chi connectivity index (χ1) is 15.6. The maximum Gasteiger partial charge on any atom is 0.326 e. The highest BCUT2D eigenvalue weighted by atomic mass is 32.2. The highest BCUT2D eigenvalue weighted by Crippen LogP contribution is 2.19. The van der Waals surface area contributed by atoms with Crippen molar-refractivity contribution in [2.24, 2.45) is 17.2 Å². The molecule has 1 saturated heterocycles. The van der Waals surface area contributed by atoms with Crippen LogP contribution in [0.3, 0.4) is 0 Å². The van der Waals surface area contributed by atoms with Gasteiger partial charge in [-0.25, -0.2) is 4.79 Å². The molecule has 4 amide bonds. The molecule has 1 heterocycles. The van der Waals surface area contributed by atoms with Crippen molar-refractivity contribution in [2.75, 3.05) is 25.1 Å². The normalized spacial score (nSPS) is 18.3. The van der Waals surface area contributed by atoms with Crippen molar-refractivity contribution in [3.8, 4) is 0 Å². The van der Waals surface area contributed by atoms with Crippen molar-refractivity contribution in [1.29, 1.82) is 0 Å². The largest absolute Gasteiger partial charge is 0.480 e. The van der Waals surface area contributed by atoms with Crippen molar-refractivity contribution < 1.29 is 29.1 Å². The van der Waals surface area contributed by atoms with E-state index >= 15 is 0 Å². The van der Waals surface area contributed by atoms with E-state index in [0.717, 1.165) is 6.42 Å². The number of carbonyl (C=O) groups excluding carboxylic acids is 4. The van der Waals surface area contributed by atoms with Gasteiger partial charge >= 0.3 is 5.97 Å². The molecule has 1 aliphatic heterocycles. The molecule has 4 unspecified atom stereocenters. The molecule has 0 aromatic heterocycles. The number of likely N-dealkylation sites (tertiary alicyclic amines) is 1. The lowest BCUT2D eigenvalue weighted by Crippen LogP contribution is -2.57. The van der Waals surface area contributed by atoms with Gasteiger partial charge in [0.25, 0.3) is 0 Å². The molecule has 0 aromatic carbocycles. The lowest BCUT2D eigenvalue weighted by Gasteiger charge is -2.28. The number of carboxylic acid groups (broad SMARTS) is 1. The third-order valence-electron chi connectivity index (χ3n) is 5.39. The van der Waals surface area contributed by atoms with Crippen LogP contribution in [0.1, 0.15) is 44.9 Å². The molecule has 0 saturated carbocycles. The minimum absolute atomic E-state index is 0.173. The Balaban J connectivity index is 2.85. The van der Waals surface area contributed by atoms with Crippen molar-refractivity contribution >= 4 is 41.4 Å². The maximum atomic E-state index is 12.9. The highest BCUT2D eigenvalue weighted by molar-refractivity contribution is 7.98. The molecule has 188 valence electrons. The summed E-state index contributed by atoms with van der Waals surface area (Å²) >= 11 is 1.42. The molecule has 1 fully saturated rings. The molecule has 4 atom stereocenters. The van der Waals surface area contributed by atoms with Crippen molar-refractivity contribution in [3.63, 3.8) is 0 Å². The van der Waals surface area contributed by atoms with Gasteiger partial charge in [0.05, 0.1) is 12.5 Å². The van der Waals surface area contributed by atoms with Crippen LogP contribution in [0, 0.1) is 0 Å². The Hall–Kier alpha value is -2.38. The summed E-state index contributed by atoms with van der Waals surface area (Å²) in [7, 11) is 0. The van der Waals surface area contributed by atoms with E-state index in [0.29, 0.717) is 44.5 Å². The van der Waals surface area contributed by atoms with Gasteiger partial charge in [-0.3, -0.25) is 19.2 Å². The fourth-order valence-corrected chi connectivity index (χ4v) is 4.06. The lowest BCUT2D eigenvalue weighted by molar-refractivity contribution is -0.143. The Labute approximate surface area is 197 Å². The summed E-state index contributed by atoms with van der Waals surface area (Å²) in [4.78, 5) is 62.6. The van der Waals surface area contributed by atoms with E-state index in [-0.39, 0.29) is 12.3 Å². The third-order valence-corrected chi connectivity index (χ3v) is 6.03. The zero-order valence-electron chi connectivity index (χ0n) is 19.0. The summed E-state index contributed by atoms with van der Waals surface area (Å²) in [6.45, 7) is 0.850. The number of nitrogens with two attached hydrogens (primary N) is 3. The molecule has 1 rings (SSSR count). The fourth-order valence-electron chi connectivity index (χ4n) is 3.59. The predicted octanol–water partition coefficient (Wildman–Crippen LogP) is -1.88. The number of rotatable bonds is 15. The van der Waals surface area contributed by atoms with Crippen LogP contribution < -0.4 is 27.8 Å². The highest BCUT2D eigenvalue weighted by Gasteiger charge is 2.38. The third kappa shape index (κ3) is 9.56. The quantitative estimate of drug-likeness (QED) is 0.142. The van der Waals surface area contributed by atoms with Crippen molar-refractivity contribution in [1.82, 2.24) is 15.5 Å². The Morgan fingerprint density at radius 2 is 1.82 bits per heavy atom. The van der Waals surface area contributed by atoms with Gasteiger partial charge in [0.1, 0.15) is 18.1 Å². The standard InChI is InChI=1S/C20H36N6O6S/c1-33-10-7-13(20(31)32)24-17(28)14(11-16(23)27)25-18(29)15-6-4-9-26(15)19(30)12(22)5-2-3-8-21/h12-15H,2-11,21-22H2,1H3,(H2,23,27)(H,24,28)(H,25,29)(H,31,32). The average molecular weight is 489 g/mol. The molecule has 0 aromatic rings. The number of hydrogen-bond acceptors (Lipinski definition) is 8. The van der Waals surface area contributed by atoms with Crippen LogP contribution in [0.15, 0.2) is 0 Å². The zero-order valence-corrected chi connectivity index (χ0v) is 19.8. The molecule has 0 spiro atoms. The van der Waals surface area contributed by atoms with Gasteiger partial charge in [0.2, 0.25) is 23.6 Å². The lowest BCUT2D eigenvalue weighted by atomic mass is 10.1. The van der Waals surface area contributed by atoms with Crippen LogP contribution in [-0.4, -0.2) is 88.9 Å². The number of aliphatic carboxylic acids is 1. The van der Waals surface area contributed by atoms with Gasteiger partial charge < -0.3 is 37.8 Å². The summed E-state index contributed by atoms with van der Waals surface area (Å²) in [6, 6.07) is -4.13. The number of carboxylic acids is 1. The van der Waals surface area contributed by atoms with Crippen LogP contribution in [0.25, 0.3) is 0 Å².